The number of nitrogens with one attached hydrogen (secondary N) is 1. The second-order valence-corrected chi connectivity index (χ2v) is 11.1. The van der Waals surface area contributed by atoms with E-state index in [1.54, 1.807) is 19.9 Å². The van der Waals surface area contributed by atoms with E-state index >= 15 is 0 Å². The maximum atomic E-state index is 14.6. The minimum Gasteiger partial charge on any atom is -0.494 e. The Bertz CT molecular complexity index is 1710. The molecule has 2 aromatic heterocycles. The zero-order valence-corrected chi connectivity index (χ0v) is 24.2. The van der Waals surface area contributed by atoms with Crippen molar-refractivity contribution < 1.29 is 36.9 Å². The van der Waals surface area contributed by atoms with Gasteiger partial charge in [0.1, 0.15) is 29.4 Å². The molecule has 3 heterocycles. The van der Waals surface area contributed by atoms with Crippen molar-refractivity contribution in [2.75, 3.05) is 20.3 Å². The van der Waals surface area contributed by atoms with E-state index < -0.39 is 41.3 Å². The van der Waals surface area contributed by atoms with Crippen molar-refractivity contribution in [3.63, 3.8) is 0 Å². The summed E-state index contributed by atoms with van der Waals surface area (Å²) >= 11 is 3.38. The first kappa shape index (κ1) is 29.7. The predicted molar refractivity (Wildman–Crippen MR) is 150 cm³/mol. The zero-order valence-electron chi connectivity index (χ0n) is 22.6. The largest absolute Gasteiger partial charge is 0.494 e. The lowest BCUT2D eigenvalue weighted by atomic mass is 9.89. The normalized spacial score (nSPS) is 17.9. The summed E-state index contributed by atoms with van der Waals surface area (Å²) < 4.78 is 69.1. The number of nitrogens with zero attached hydrogens (tertiary/aromatic N) is 2. The van der Waals surface area contributed by atoms with Crippen LogP contribution in [-0.2, 0) is 11.1 Å². The lowest BCUT2D eigenvalue weighted by Crippen LogP contribution is -2.51. The van der Waals surface area contributed by atoms with Crippen LogP contribution in [0.5, 0.6) is 11.5 Å². The highest BCUT2D eigenvalue weighted by atomic mass is 79.9. The Morgan fingerprint density at radius 3 is 2.52 bits per heavy atom. The van der Waals surface area contributed by atoms with E-state index in [0.29, 0.717) is 21.1 Å². The molecule has 4 N–H and O–H groups in total. The zero-order chi connectivity index (χ0) is 30.6. The lowest BCUT2D eigenvalue weighted by molar-refractivity contribution is -0.265. The number of carbonyl (C=O) groups excluding carboxylic acids is 1. The number of nitrogens with two attached hydrogens (primary N) is 1. The van der Waals surface area contributed by atoms with Crippen LogP contribution < -0.4 is 20.5 Å². The van der Waals surface area contributed by atoms with Gasteiger partial charge < -0.3 is 25.6 Å². The van der Waals surface area contributed by atoms with Crippen LogP contribution in [0.1, 0.15) is 34.2 Å². The van der Waals surface area contributed by atoms with E-state index in [1.807, 2.05) is 0 Å². The SMILES string of the molecule is COc1cc(C(=O)NC[C@](O)(c2cc3c(c(-c4ccc(F)cc4)n2)OC[C@]3(C)N)C(F)(F)F)cc2cc(Br)c(C)nc12. The van der Waals surface area contributed by atoms with Crippen molar-refractivity contribution in [1.82, 2.24) is 15.3 Å². The first-order valence-corrected chi connectivity index (χ1v) is 13.4. The highest BCUT2D eigenvalue weighted by Crippen LogP contribution is 2.46. The number of rotatable bonds is 6. The van der Waals surface area contributed by atoms with Crippen LogP contribution in [0.15, 0.2) is 53.0 Å². The van der Waals surface area contributed by atoms with Gasteiger partial charge in [-0.25, -0.2) is 14.4 Å². The van der Waals surface area contributed by atoms with Gasteiger partial charge in [-0.3, -0.25) is 4.79 Å². The molecular formula is C29H25BrF4N4O4. The summed E-state index contributed by atoms with van der Waals surface area (Å²) in [6.45, 7) is 2.00. The number of aliphatic hydroxyl groups is 1. The molecule has 0 radical (unpaired) electrons. The third-order valence-electron chi connectivity index (χ3n) is 7.11. The Morgan fingerprint density at radius 1 is 1.19 bits per heavy atom. The topological polar surface area (TPSA) is 120 Å². The van der Waals surface area contributed by atoms with Gasteiger partial charge in [-0.1, -0.05) is 0 Å². The average Bonchev–Trinajstić information content (AvgIpc) is 3.25. The van der Waals surface area contributed by atoms with E-state index in [9.17, 15) is 27.5 Å². The number of benzene rings is 2. The molecule has 1 aliphatic rings. The van der Waals surface area contributed by atoms with E-state index in [0.717, 1.165) is 18.2 Å². The fraction of sp³-hybridized carbons (Fsp3) is 0.276. The van der Waals surface area contributed by atoms with Crippen molar-refractivity contribution >= 4 is 32.7 Å². The molecule has 4 aromatic rings. The maximum absolute atomic E-state index is 14.6. The first-order valence-electron chi connectivity index (χ1n) is 12.6. The van der Waals surface area contributed by atoms with Gasteiger partial charge in [0.25, 0.3) is 5.91 Å². The second-order valence-electron chi connectivity index (χ2n) is 10.3. The van der Waals surface area contributed by atoms with Crippen molar-refractivity contribution in [3.05, 3.63) is 81.3 Å². The first-order chi connectivity index (χ1) is 19.6. The van der Waals surface area contributed by atoms with Crippen LogP contribution in [0.2, 0.25) is 0 Å². The molecule has 0 spiro atoms. The predicted octanol–water partition coefficient (Wildman–Crippen LogP) is 5.26. The number of aromatic nitrogens is 2. The molecule has 1 amide bonds. The van der Waals surface area contributed by atoms with Crippen LogP contribution in [0.4, 0.5) is 17.6 Å². The van der Waals surface area contributed by atoms with Gasteiger partial charge >= 0.3 is 6.18 Å². The van der Waals surface area contributed by atoms with Gasteiger partial charge in [0.05, 0.1) is 30.6 Å². The molecule has 13 heteroatoms. The van der Waals surface area contributed by atoms with Crippen LogP contribution in [-0.4, -0.2) is 47.4 Å². The Morgan fingerprint density at radius 2 is 1.88 bits per heavy atom. The third-order valence-corrected chi connectivity index (χ3v) is 7.92. The molecule has 0 saturated carbocycles. The molecule has 0 fully saturated rings. The molecule has 8 nitrogen and oxygen atoms in total. The summed E-state index contributed by atoms with van der Waals surface area (Å²) in [6, 6.07) is 10.4. The van der Waals surface area contributed by atoms with Crippen molar-refractivity contribution in [1.29, 1.82) is 0 Å². The number of ether oxygens (including phenoxy) is 2. The standard InChI is InChI=1S/C29H25BrF4N4O4/c1-14-20(30)9-16-8-17(10-21(41-3)23(16)37-14)26(39)36-12-28(40,29(32,33)34)22-11-19-25(42-13-27(19,2)35)24(38-22)15-4-6-18(31)7-5-15/h4-11,40H,12-13,35H2,1-3H3,(H,36,39)/t27-,28-/m0/s1. The van der Waals surface area contributed by atoms with Gasteiger partial charge in [0, 0.05) is 26.5 Å². The van der Waals surface area contributed by atoms with Crippen LogP contribution >= 0.6 is 15.9 Å². The maximum Gasteiger partial charge on any atom is 0.424 e. The number of hydrogen-bond acceptors (Lipinski definition) is 7. The number of alkyl halides is 3. The number of amides is 1. The second kappa shape index (κ2) is 10.5. The number of aryl methyl sites for hydroxylation is 1. The van der Waals surface area contributed by atoms with Crippen molar-refractivity contribution in [2.24, 2.45) is 5.73 Å². The van der Waals surface area contributed by atoms with Gasteiger partial charge in [0.2, 0.25) is 5.60 Å². The number of methoxy groups -OCH3 is 1. The van der Waals surface area contributed by atoms with Crippen molar-refractivity contribution in [2.45, 2.75) is 31.2 Å². The average molecular weight is 649 g/mol. The minimum absolute atomic E-state index is 0.0155. The van der Waals surface area contributed by atoms with Gasteiger partial charge in [-0.05, 0) is 78.3 Å². The molecule has 42 heavy (non-hydrogen) atoms. The molecular weight excluding hydrogens is 624 g/mol. The number of pyridine rings is 2. The highest BCUT2D eigenvalue weighted by Gasteiger charge is 2.57. The summed E-state index contributed by atoms with van der Waals surface area (Å²) in [4.78, 5) is 21.7. The Balaban J connectivity index is 1.56. The molecule has 1 aliphatic heterocycles. The number of hydrogen-bond donors (Lipinski definition) is 3. The van der Waals surface area contributed by atoms with Gasteiger partial charge in [-0.15, -0.1) is 0 Å². The molecule has 2 aromatic carbocycles. The van der Waals surface area contributed by atoms with Crippen LogP contribution in [0.3, 0.4) is 0 Å². The van der Waals surface area contributed by atoms with Gasteiger partial charge in [-0.2, -0.15) is 13.2 Å². The molecule has 0 bridgehead atoms. The Labute approximate surface area is 246 Å². The fourth-order valence-electron chi connectivity index (χ4n) is 4.67. The molecule has 0 saturated heterocycles. The van der Waals surface area contributed by atoms with Crippen LogP contribution in [0, 0.1) is 12.7 Å². The summed E-state index contributed by atoms with van der Waals surface area (Å²) in [7, 11) is 1.38. The smallest absolute Gasteiger partial charge is 0.424 e. The summed E-state index contributed by atoms with van der Waals surface area (Å²) in [5.74, 6) is -1.09. The van der Waals surface area contributed by atoms with Crippen LogP contribution in [0.25, 0.3) is 22.2 Å². The Hall–Kier alpha value is -3.81. The van der Waals surface area contributed by atoms with Gasteiger partial charge in [0.15, 0.2) is 5.75 Å². The summed E-state index contributed by atoms with van der Waals surface area (Å²) in [6.07, 6.45) is -5.28. The lowest BCUT2D eigenvalue weighted by Gasteiger charge is -2.31. The van der Waals surface area contributed by atoms with E-state index in [2.05, 4.69) is 31.2 Å². The fourth-order valence-corrected chi connectivity index (χ4v) is 5.01. The third kappa shape index (κ3) is 5.16. The summed E-state index contributed by atoms with van der Waals surface area (Å²) in [5.41, 5.74) is 2.15. The Kier molecular flexibility index (Phi) is 7.40. The monoisotopic (exact) mass is 648 g/mol. The quantitative estimate of drug-likeness (QED) is 0.244. The van der Waals surface area contributed by atoms with E-state index in [4.69, 9.17) is 15.2 Å². The molecule has 220 valence electrons. The van der Waals surface area contributed by atoms with E-state index in [1.165, 1.54) is 31.4 Å². The highest BCUT2D eigenvalue weighted by molar-refractivity contribution is 9.10. The number of fused-ring (bicyclic) bond motifs is 2. The van der Waals surface area contributed by atoms with Crippen molar-refractivity contribution in [3.8, 4) is 22.8 Å². The number of carbonyl (C=O) groups is 1. The molecule has 0 unspecified atom stereocenters. The van der Waals surface area contributed by atoms with E-state index in [-0.39, 0.29) is 40.5 Å². The molecule has 0 aliphatic carbocycles. The number of halogens is 5. The summed E-state index contributed by atoms with van der Waals surface area (Å²) in [5, 5.41) is 13.9. The molecule has 2 atom stereocenters. The molecule has 5 rings (SSSR count). The minimum atomic E-state index is -5.28.